The fraction of sp³-hybridized carbons (Fsp3) is 0.500. The number of rotatable bonds is 2. The molecule has 1 aromatic carbocycles. The summed E-state index contributed by atoms with van der Waals surface area (Å²) in [7, 11) is 0. The number of carbonyl (C=O) groups excluding carboxylic acids is 1. The van der Waals surface area contributed by atoms with Crippen molar-refractivity contribution in [3.8, 4) is 0 Å². The van der Waals surface area contributed by atoms with Crippen LogP contribution in [0.4, 0.5) is 5.69 Å². The van der Waals surface area contributed by atoms with Gasteiger partial charge >= 0.3 is 0 Å². The van der Waals surface area contributed by atoms with Crippen molar-refractivity contribution in [3.05, 3.63) is 28.8 Å². The van der Waals surface area contributed by atoms with Crippen LogP contribution < -0.4 is 10.6 Å². The SMILES string of the molecule is CC(N)Cc1cc2c3c(c1)CCN3C(=O)CC2. The maximum atomic E-state index is 11.8. The van der Waals surface area contributed by atoms with Crippen molar-refractivity contribution in [1.82, 2.24) is 0 Å². The minimum absolute atomic E-state index is 0.197. The van der Waals surface area contributed by atoms with Crippen LogP contribution in [-0.2, 0) is 24.1 Å². The molecule has 0 bridgehead atoms. The summed E-state index contributed by atoms with van der Waals surface area (Å²) in [4.78, 5) is 13.8. The molecule has 2 N–H and O–H groups in total. The molecule has 0 radical (unpaired) electrons. The van der Waals surface area contributed by atoms with E-state index in [0.717, 1.165) is 25.8 Å². The highest BCUT2D eigenvalue weighted by molar-refractivity contribution is 5.98. The van der Waals surface area contributed by atoms with Crippen LogP contribution in [0.3, 0.4) is 0 Å². The van der Waals surface area contributed by atoms with Gasteiger partial charge in [-0.1, -0.05) is 12.1 Å². The van der Waals surface area contributed by atoms with Gasteiger partial charge in [0.25, 0.3) is 0 Å². The molecular formula is C14H18N2O. The van der Waals surface area contributed by atoms with Gasteiger partial charge in [-0.25, -0.2) is 0 Å². The van der Waals surface area contributed by atoms with Crippen LogP contribution in [0, 0.1) is 0 Å². The number of carbonyl (C=O) groups is 1. The van der Waals surface area contributed by atoms with Crippen LogP contribution >= 0.6 is 0 Å². The zero-order valence-corrected chi connectivity index (χ0v) is 10.2. The monoisotopic (exact) mass is 230 g/mol. The molecule has 2 heterocycles. The van der Waals surface area contributed by atoms with E-state index in [1.165, 1.54) is 22.4 Å². The third-order valence-corrected chi connectivity index (χ3v) is 3.67. The van der Waals surface area contributed by atoms with E-state index in [9.17, 15) is 4.79 Å². The number of benzene rings is 1. The minimum atomic E-state index is 0.197. The number of anilines is 1. The van der Waals surface area contributed by atoms with Gasteiger partial charge in [-0.3, -0.25) is 4.79 Å². The van der Waals surface area contributed by atoms with Crippen LogP contribution in [0.5, 0.6) is 0 Å². The molecule has 90 valence electrons. The molecule has 1 aromatic rings. The van der Waals surface area contributed by atoms with E-state index in [1.54, 1.807) is 0 Å². The second-order valence-corrected chi connectivity index (χ2v) is 5.24. The lowest BCUT2D eigenvalue weighted by Crippen LogP contribution is -2.32. The standard InChI is InChI=1S/C14H18N2O/c1-9(15)6-10-7-11-2-3-13(17)16-5-4-12(8-10)14(11)16/h7-9H,2-6,15H2,1H3. The van der Waals surface area contributed by atoms with Gasteiger partial charge in [-0.15, -0.1) is 0 Å². The second kappa shape index (κ2) is 3.84. The van der Waals surface area contributed by atoms with Crippen molar-refractivity contribution in [2.75, 3.05) is 11.4 Å². The summed E-state index contributed by atoms with van der Waals surface area (Å²) in [5.41, 5.74) is 11.1. The van der Waals surface area contributed by atoms with Gasteiger partial charge in [-0.05, 0) is 42.9 Å². The van der Waals surface area contributed by atoms with Crippen LogP contribution in [-0.4, -0.2) is 18.5 Å². The fourth-order valence-corrected chi connectivity index (χ4v) is 3.02. The Hall–Kier alpha value is -1.35. The molecule has 17 heavy (non-hydrogen) atoms. The number of aryl methyl sites for hydroxylation is 1. The Labute approximate surface area is 102 Å². The van der Waals surface area contributed by atoms with Crippen LogP contribution in [0.25, 0.3) is 0 Å². The van der Waals surface area contributed by atoms with E-state index in [4.69, 9.17) is 5.73 Å². The fourth-order valence-electron chi connectivity index (χ4n) is 3.02. The molecule has 0 saturated carbocycles. The molecule has 0 saturated heterocycles. The highest BCUT2D eigenvalue weighted by Gasteiger charge is 2.31. The highest BCUT2D eigenvalue weighted by atomic mass is 16.2. The maximum absolute atomic E-state index is 11.8. The molecule has 1 unspecified atom stereocenters. The summed E-state index contributed by atoms with van der Waals surface area (Å²) < 4.78 is 0. The van der Waals surface area contributed by atoms with Crippen molar-refractivity contribution in [3.63, 3.8) is 0 Å². The summed E-state index contributed by atoms with van der Waals surface area (Å²) >= 11 is 0. The topological polar surface area (TPSA) is 46.3 Å². The molecule has 3 heteroatoms. The van der Waals surface area contributed by atoms with E-state index < -0.39 is 0 Å². The van der Waals surface area contributed by atoms with Crippen molar-refractivity contribution in [1.29, 1.82) is 0 Å². The number of amides is 1. The Morgan fingerprint density at radius 1 is 1.29 bits per heavy atom. The zero-order chi connectivity index (χ0) is 12.0. The third kappa shape index (κ3) is 1.75. The Balaban J connectivity index is 2.04. The van der Waals surface area contributed by atoms with Gasteiger partial charge in [0.05, 0.1) is 5.69 Å². The number of hydrogen-bond donors (Lipinski definition) is 1. The van der Waals surface area contributed by atoms with E-state index in [0.29, 0.717) is 6.42 Å². The third-order valence-electron chi connectivity index (χ3n) is 3.67. The molecule has 0 aromatic heterocycles. The first kappa shape index (κ1) is 10.8. The average Bonchev–Trinajstić information content (AvgIpc) is 2.68. The molecule has 0 spiro atoms. The highest BCUT2D eigenvalue weighted by Crippen LogP contribution is 2.37. The molecular weight excluding hydrogens is 212 g/mol. The van der Waals surface area contributed by atoms with E-state index >= 15 is 0 Å². The Morgan fingerprint density at radius 3 is 2.71 bits per heavy atom. The van der Waals surface area contributed by atoms with E-state index in [-0.39, 0.29) is 11.9 Å². The second-order valence-electron chi connectivity index (χ2n) is 5.24. The number of hydrogen-bond acceptors (Lipinski definition) is 2. The summed E-state index contributed by atoms with van der Waals surface area (Å²) in [6.07, 6.45) is 3.48. The summed E-state index contributed by atoms with van der Waals surface area (Å²) in [5, 5.41) is 0. The normalized spacial score (nSPS) is 19.4. The predicted octanol–water partition coefficient (Wildman–Crippen LogP) is 1.41. The Bertz CT molecular complexity index is 479. The average molecular weight is 230 g/mol. The van der Waals surface area contributed by atoms with Gasteiger partial charge in [-0.2, -0.15) is 0 Å². The first-order valence-electron chi connectivity index (χ1n) is 6.36. The van der Waals surface area contributed by atoms with E-state index in [2.05, 4.69) is 12.1 Å². The molecule has 1 amide bonds. The molecule has 0 aliphatic carbocycles. The first-order valence-corrected chi connectivity index (χ1v) is 6.36. The van der Waals surface area contributed by atoms with Crippen LogP contribution in [0.15, 0.2) is 12.1 Å². The Kier molecular flexibility index (Phi) is 2.44. The smallest absolute Gasteiger partial charge is 0.227 e. The first-order chi connectivity index (χ1) is 8.15. The largest absolute Gasteiger partial charge is 0.328 e. The summed E-state index contributed by atoms with van der Waals surface area (Å²) in [6.45, 7) is 2.90. The van der Waals surface area contributed by atoms with Crippen molar-refractivity contribution in [2.45, 2.75) is 38.6 Å². The van der Waals surface area contributed by atoms with Crippen molar-refractivity contribution < 1.29 is 4.79 Å². The van der Waals surface area contributed by atoms with Crippen LogP contribution in [0.1, 0.15) is 30.0 Å². The molecule has 0 fully saturated rings. The van der Waals surface area contributed by atoms with Gasteiger partial charge in [0.2, 0.25) is 5.91 Å². The summed E-state index contributed by atoms with van der Waals surface area (Å²) in [6, 6.07) is 4.68. The number of nitrogens with two attached hydrogens (primary N) is 1. The van der Waals surface area contributed by atoms with Gasteiger partial charge in [0, 0.05) is 19.0 Å². The van der Waals surface area contributed by atoms with Crippen LogP contribution in [0.2, 0.25) is 0 Å². The van der Waals surface area contributed by atoms with Crippen molar-refractivity contribution in [2.24, 2.45) is 5.73 Å². The lowest BCUT2D eigenvalue weighted by Gasteiger charge is -2.26. The van der Waals surface area contributed by atoms with Gasteiger partial charge in [0.15, 0.2) is 0 Å². The molecule has 3 nitrogen and oxygen atoms in total. The quantitative estimate of drug-likeness (QED) is 0.835. The van der Waals surface area contributed by atoms with Crippen molar-refractivity contribution >= 4 is 11.6 Å². The minimum Gasteiger partial charge on any atom is -0.328 e. The lowest BCUT2D eigenvalue weighted by molar-refractivity contribution is -0.118. The van der Waals surface area contributed by atoms with E-state index in [1.807, 2.05) is 11.8 Å². The maximum Gasteiger partial charge on any atom is 0.227 e. The molecule has 1 atom stereocenters. The Morgan fingerprint density at radius 2 is 2.00 bits per heavy atom. The summed E-state index contributed by atoms with van der Waals surface area (Å²) in [5.74, 6) is 0.288. The van der Waals surface area contributed by atoms with Gasteiger partial charge < -0.3 is 10.6 Å². The van der Waals surface area contributed by atoms with Gasteiger partial charge in [0.1, 0.15) is 0 Å². The number of nitrogens with zero attached hydrogens (tertiary/aromatic N) is 1. The molecule has 2 aliphatic heterocycles. The molecule has 2 aliphatic rings. The predicted molar refractivity (Wildman–Crippen MR) is 68.2 cm³/mol. The molecule has 3 rings (SSSR count). The lowest BCUT2D eigenvalue weighted by atomic mass is 9.94. The zero-order valence-electron chi connectivity index (χ0n) is 10.2.